The zero-order valence-electron chi connectivity index (χ0n) is 8.73. The number of para-hydroxylation sites is 1. The van der Waals surface area contributed by atoms with E-state index < -0.39 is 27.7 Å². The molecular weight excluding hydrogens is 232 g/mol. The van der Waals surface area contributed by atoms with E-state index in [0.717, 1.165) is 13.0 Å². The molecule has 90 valence electrons. The molecular formula is C9H8N2O6. The van der Waals surface area contributed by atoms with Gasteiger partial charge in [-0.25, -0.2) is 0 Å². The summed E-state index contributed by atoms with van der Waals surface area (Å²) >= 11 is 0. The lowest BCUT2D eigenvalue weighted by Crippen LogP contribution is -2.18. The molecule has 8 nitrogen and oxygen atoms in total. The number of benzene rings is 1. The number of hydrogen-bond acceptors (Lipinski definition) is 6. The van der Waals surface area contributed by atoms with E-state index in [-0.39, 0.29) is 5.56 Å². The van der Waals surface area contributed by atoms with Crippen LogP contribution in [0.3, 0.4) is 0 Å². The molecule has 0 bridgehead atoms. The van der Waals surface area contributed by atoms with Crippen LogP contribution in [0.2, 0.25) is 0 Å². The van der Waals surface area contributed by atoms with Gasteiger partial charge >= 0.3 is 12.2 Å². The quantitative estimate of drug-likeness (QED) is 0.340. The van der Waals surface area contributed by atoms with Gasteiger partial charge in [0.2, 0.25) is 0 Å². The van der Waals surface area contributed by atoms with Crippen LogP contribution >= 0.6 is 0 Å². The van der Waals surface area contributed by atoms with Crippen LogP contribution in [-0.2, 0) is 9.53 Å². The Hall–Kier alpha value is -2.51. The van der Waals surface area contributed by atoms with Crippen molar-refractivity contribution in [2.24, 2.45) is 0 Å². The van der Waals surface area contributed by atoms with E-state index in [2.05, 4.69) is 4.74 Å². The summed E-state index contributed by atoms with van der Waals surface area (Å²) in [6.07, 6.45) is -1.87. The van der Waals surface area contributed by atoms with Crippen LogP contribution in [0.4, 0.5) is 5.69 Å². The summed E-state index contributed by atoms with van der Waals surface area (Å²) in [5.41, 5.74) is -0.729. The molecule has 0 fully saturated rings. The molecule has 1 aromatic rings. The summed E-state index contributed by atoms with van der Waals surface area (Å²) in [6.45, 7) is 0.991. The normalized spacial score (nSPS) is 11.6. The summed E-state index contributed by atoms with van der Waals surface area (Å²) in [5, 5.41) is 21.4. The first kappa shape index (κ1) is 12.6. The number of nitro benzene ring substituents is 1. The van der Waals surface area contributed by atoms with Gasteiger partial charge in [0.25, 0.3) is 5.69 Å². The third-order valence-electron chi connectivity index (χ3n) is 1.87. The molecule has 0 aliphatic carbocycles. The Kier molecular flexibility index (Phi) is 3.70. The maximum absolute atomic E-state index is 10.7. The first-order valence-electron chi connectivity index (χ1n) is 4.47. The highest BCUT2D eigenvalue weighted by molar-refractivity contribution is 5.66. The van der Waals surface area contributed by atoms with Crippen molar-refractivity contribution in [3.8, 4) is 0 Å². The van der Waals surface area contributed by atoms with Crippen molar-refractivity contribution in [2.45, 2.75) is 13.2 Å². The van der Waals surface area contributed by atoms with Gasteiger partial charge in [0.05, 0.1) is 9.85 Å². The summed E-state index contributed by atoms with van der Waals surface area (Å²) in [6, 6.07) is 5.04. The molecule has 0 spiro atoms. The molecule has 0 amide bonds. The van der Waals surface area contributed by atoms with Crippen molar-refractivity contribution >= 4 is 11.7 Å². The molecule has 8 heteroatoms. The molecule has 1 rings (SSSR count). The van der Waals surface area contributed by atoms with Crippen molar-refractivity contribution in [3.05, 3.63) is 50.1 Å². The maximum Gasteiger partial charge on any atom is 0.389 e. The fourth-order valence-electron chi connectivity index (χ4n) is 1.24. The monoisotopic (exact) mass is 240 g/mol. The number of rotatable bonds is 4. The summed E-state index contributed by atoms with van der Waals surface area (Å²) in [5.74, 6) is -0.884. The summed E-state index contributed by atoms with van der Waals surface area (Å²) < 4.78 is 4.45. The van der Waals surface area contributed by atoms with Gasteiger partial charge in [-0.05, 0) is 6.07 Å². The average molecular weight is 240 g/mol. The van der Waals surface area contributed by atoms with Gasteiger partial charge in [0.1, 0.15) is 5.56 Å². The standard InChI is InChI=1S/C9H8N2O6/c1-6(12)17-9(11(15)16)7-4-2-3-5-8(7)10(13)14/h2-5,9H,1H3. The van der Waals surface area contributed by atoms with E-state index >= 15 is 0 Å². The zero-order valence-corrected chi connectivity index (χ0v) is 8.73. The second-order valence-electron chi connectivity index (χ2n) is 3.06. The van der Waals surface area contributed by atoms with Gasteiger partial charge < -0.3 is 4.74 Å². The Labute approximate surface area is 95.1 Å². The van der Waals surface area contributed by atoms with Gasteiger partial charge in [-0.1, -0.05) is 12.1 Å². The van der Waals surface area contributed by atoms with Gasteiger partial charge in [0, 0.05) is 13.0 Å². The minimum absolute atomic E-state index is 0.266. The van der Waals surface area contributed by atoms with E-state index in [0.29, 0.717) is 0 Å². The molecule has 17 heavy (non-hydrogen) atoms. The van der Waals surface area contributed by atoms with Crippen LogP contribution in [0.15, 0.2) is 24.3 Å². The van der Waals surface area contributed by atoms with Crippen molar-refractivity contribution in [1.29, 1.82) is 0 Å². The van der Waals surface area contributed by atoms with Crippen molar-refractivity contribution in [1.82, 2.24) is 0 Å². The lowest BCUT2D eigenvalue weighted by molar-refractivity contribution is -0.577. The van der Waals surface area contributed by atoms with E-state index in [1.54, 1.807) is 0 Å². The lowest BCUT2D eigenvalue weighted by atomic mass is 10.1. The highest BCUT2D eigenvalue weighted by Gasteiger charge is 2.33. The number of nitrogens with zero attached hydrogens (tertiary/aromatic N) is 2. The molecule has 0 aliphatic heterocycles. The van der Waals surface area contributed by atoms with E-state index in [1.165, 1.54) is 18.2 Å². The third kappa shape index (κ3) is 2.97. The first-order valence-corrected chi connectivity index (χ1v) is 4.47. The predicted octanol–water partition coefficient (Wildman–Crippen LogP) is 1.43. The Morgan fingerprint density at radius 3 is 2.35 bits per heavy atom. The minimum atomic E-state index is -1.87. The van der Waals surface area contributed by atoms with E-state index in [1.807, 2.05) is 0 Å². The Balaban J connectivity index is 3.22. The molecule has 1 atom stereocenters. The zero-order chi connectivity index (χ0) is 13.0. The SMILES string of the molecule is CC(=O)OC(c1ccccc1[N+](=O)[O-])[N+](=O)[O-]. The largest absolute Gasteiger partial charge is 0.394 e. The summed E-state index contributed by atoms with van der Waals surface area (Å²) in [7, 11) is 0. The first-order chi connectivity index (χ1) is 7.93. The van der Waals surface area contributed by atoms with Gasteiger partial charge in [-0.3, -0.25) is 25.0 Å². The number of hydrogen-bond donors (Lipinski definition) is 0. The molecule has 0 saturated heterocycles. The van der Waals surface area contributed by atoms with Gasteiger partial charge in [0.15, 0.2) is 0 Å². The minimum Gasteiger partial charge on any atom is -0.394 e. The number of esters is 1. The average Bonchev–Trinajstić information content (AvgIpc) is 2.25. The van der Waals surface area contributed by atoms with Crippen LogP contribution in [0.1, 0.15) is 18.7 Å². The highest BCUT2D eigenvalue weighted by atomic mass is 16.7. The van der Waals surface area contributed by atoms with Crippen LogP contribution in [0.5, 0.6) is 0 Å². The van der Waals surface area contributed by atoms with Crippen LogP contribution in [0.25, 0.3) is 0 Å². The van der Waals surface area contributed by atoms with Crippen LogP contribution < -0.4 is 0 Å². The molecule has 0 N–H and O–H groups in total. The molecule has 1 unspecified atom stereocenters. The summed E-state index contributed by atoms with van der Waals surface area (Å²) in [4.78, 5) is 30.4. The molecule has 0 aromatic heterocycles. The fraction of sp³-hybridized carbons (Fsp3) is 0.222. The van der Waals surface area contributed by atoms with E-state index in [4.69, 9.17) is 0 Å². The fourth-order valence-corrected chi connectivity index (χ4v) is 1.24. The molecule has 0 saturated carbocycles. The van der Waals surface area contributed by atoms with Gasteiger partial charge in [-0.2, -0.15) is 0 Å². The second kappa shape index (κ2) is 5.01. The predicted molar refractivity (Wildman–Crippen MR) is 54.6 cm³/mol. The van der Waals surface area contributed by atoms with Crippen molar-refractivity contribution in [2.75, 3.05) is 0 Å². The Morgan fingerprint density at radius 2 is 1.88 bits per heavy atom. The van der Waals surface area contributed by atoms with Crippen LogP contribution in [0, 0.1) is 20.2 Å². The lowest BCUT2D eigenvalue weighted by Gasteiger charge is -2.09. The van der Waals surface area contributed by atoms with Crippen LogP contribution in [-0.4, -0.2) is 15.8 Å². The number of carbonyl (C=O) groups is 1. The number of nitro groups is 2. The second-order valence-corrected chi connectivity index (χ2v) is 3.06. The van der Waals surface area contributed by atoms with E-state index in [9.17, 15) is 25.0 Å². The highest BCUT2D eigenvalue weighted by Crippen LogP contribution is 2.27. The van der Waals surface area contributed by atoms with Crippen molar-refractivity contribution in [3.63, 3.8) is 0 Å². The number of carbonyl (C=O) groups excluding carboxylic acids is 1. The molecule has 0 radical (unpaired) electrons. The third-order valence-corrected chi connectivity index (χ3v) is 1.87. The Morgan fingerprint density at radius 1 is 1.29 bits per heavy atom. The van der Waals surface area contributed by atoms with Crippen molar-refractivity contribution < 1.29 is 19.4 Å². The maximum atomic E-state index is 10.7. The topological polar surface area (TPSA) is 113 Å². The molecule has 1 aromatic carbocycles. The Bertz CT molecular complexity index is 472. The molecule has 0 heterocycles. The molecule has 0 aliphatic rings. The smallest absolute Gasteiger partial charge is 0.389 e. The van der Waals surface area contributed by atoms with Gasteiger partial charge in [-0.15, -0.1) is 0 Å². The number of ether oxygens (including phenoxy) is 1.